The van der Waals surface area contributed by atoms with Crippen molar-refractivity contribution in [1.29, 1.82) is 0 Å². The number of benzene rings is 3. The second-order valence-corrected chi connectivity index (χ2v) is 7.02. The van der Waals surface area contributed by atoms with Crippen LogP contribution in [0.3, 0.4) is 0 Å². The molecule has 0 fully saturated rings. The Kier molecular flexibility index (Phi) is 5.98. The van der Waals surface area contributed by atoms with Crippen LogP contribution in [0.4, 0.5) is 4.39 Å². The Hall–Kier alpha value is -4.06. The molecule has 5 nitrogen and oxygen atoms in total. The van der Waals surface area contributed by atoms with Gasteiger partial charge in [0.15, 0.2) is 5.82 Å². The minimum atomic E-state index is -0.358. The summed E-state index contributed by atoms with van der Waals surface area (Å²) in [6.07, 6.45) is 1.55. The maximum Gasteiger partial charge on any atom is 0.251 e. The van der Waals surface area contributed by atoms with Gasteiger partial charge in [0.05, 0.1) is 0 Å². The molecule has 0 saturated heterocycles. The Morgan fingerprint density at radius 2 is 1.77 bits per heavy atom. The van der Waals surface area contributed by atoms with Gasteiger partial charge in [-0.15, -0.1) is 0 Å². The zero-order chi connectivity index (χ0) is 21.6. The summed E-state index contributed by atoms with van der Waals surface area (Å²) in [5, 5.41) is 2.90. The summed E-state index contributed by atoms with van der Waals surface area (Å²) >= 11 is 0. The number of aromatic nitrogens is 2. The third-order valence-electron chi connectivity index (χ3n) is 4.63. The molecule has 6 heteroatoms. The molecular weight excluding hydrogens is 393 g/mol. The molecule has 0 bridgehead atoms. The number of nitrogens with zero attached hydrogens (tertiary/aromatic N) is 2. The molecule has 1 amide bonds. The van der Waals surface area contributed by atoms with Crippen LogP contribution in [0, 0.1) is 12.7 Å². The topological polar surface area (TPSA) is 64.1 Å². The third kappa shape index (κ3) is 5.30. The van der Waals surface area contributed by atoms with Crippen LogP contribution in [0.15, 0.2) is 85.1 Å². The van der Waals surface area contributed by atoms with Gasteiger partial charge in [-0.05, 0) is 48.9 Å². The lowest BCUT2D eigenvalue weighted by atomic mass is 10.1. The molecule has 154 valence electrons. The van der Waals surface area contributed by atoms with Crippen molar-refractivity contribution in [3.05, 3.63) is 108 Å². The summed E-state index contributed by atoms with van der Waals surface area (Å²) in [5.74, 6) is 0.695. The van der Waals surface area contributed by atoms with E-state index in [0.29, 0.717) is 35.1 Å². The number of rotatable bonds is 6. The minimum absolute atomic E-state index is 0.164. The summed E-state index contributed by atoms with van der Waals surface area (Å²) in [5.41, 5.74) is 3.31. The van der Waals surface area contributed by atoms with E-state index in [-0.39, 0.29) is 11.7 Å². The molecule has 0 aliphatic rings. The second-order valence-electron chi connectivity index (χ2n) is 7.02. The second kappa shape index (κ2) is 9.17. The number of hydrogen-bond acceptors (Lipinski definition) is 4. The van der Waals surface area contributed by atoms with Gasteiger partial charge in [-0.1, -0.05) is 42.0 Å². The predicted molar refractivity (Wildman–Crippen MR) is 116 cm³/mol. The number of hydrogen-bond donors (Lipinski definition) is 1. The number of carbonyl (C=O) groups excluding carboxylic acids is 1. The van der Waals surface area contributed by atoms with Crippen LogP contribution in [-0.4, -0.2) is 15.9 Å². The first-order chi connectivity index (χ1) is 15.1. The van der Waals surface area contributed by atoms with Crippen LogP contribution in [0.25, 0.3) is 11.4 Å². The average molecular weight is 413 g/mol. The van der Waals surface area contributed by atoms with E-state index in [9.17, 15) is 9.18 Å². The van der Waals surface area contributed by atoms with Crippen molar-refractivity contribution in [2.75, 3.05) is 0 Å². The summed E-state index contributed by atoms with van der Waals surface area (Å²) in [7, 11) is 0. The molecule has 1 heterocycles. The Labute approximate surface area is 179 Å². The highest BCUT2D eigenvalue weighted by Crippen LogP contribution is 2.23. The van der Waals surface area contributed by atoms with E-state index in [1.165, 1.54) is 17.7 Å². The molecule has 0 saturated carbocycles. The Balaban J connectivity index is 1.40. The molecule has 4 rings (SSSR count). The van der Waals surface area contributed by atoms with Crippen molar-refractivity contribution in [3.8, 4) is 23.0 Å². The van der Waals surface area contributed by atoms with Crippen LogP contribution in [-0.2, 0) is 6.54 Å². The van der Waals surface area contributed by atoms with E-state index in [4.69, 9.17) is 4.74 Å². The summed E-state index contributed by atoms with van der Waals surface area (Å²) in [6.45, 7) is 2.48. The maximum absolute atomic E-state index is 13.5. The molecule has 0 radical (unpaired) electrons. The molecule has 0 aliphatic heterocycles. The standard InChI is InChI=1S/C25H20FN3O2/c1-17-5-7-18(8-6-17)16-28-25(30)19-9-11-22(12-10-19)31-23-13-14-27-24(29-23)20-3-2-4-21(26)15-20/h2-15H,16H2,1H3,(H,28,30). The molecule has 0 unspecified atom stereocenters. The van der Waals surface area contributed by atoms with Crippen molar-refractivity contribution >= 4 is 5.91 Å². The van der Waals surface area contributed by atoms with E-state index < -0.39 is 0 Å². The number of nitrogens with one attached hydrogen (secondary N) is 1. The predicted octanol–water partition coefficient (Wildman–Crippen LogP) is 5.31. The Morgan fingerprint density at radius 1 is 1.00 bits per heavy atom. The molecule has 0 spiro atoms. The third-order valence-corrected chi connectivity index (χ3v) is 4.63. The first-order valence-electron chi connectivity index (χ1n) is 9.77. The zero-order valence-corrected chi connectivity index (χ0v) is 16.9. The van der Waals surface area contributed by atoms with Crippen LogP contribution in [0.1, 0.15) is 21.5 Å². The number of aryl methyl sites for hydroxylation is 1. The highest BCUT2D eigenvalue weighted by molar-refractivity contribution is 5.94. The molecular formula is C25H20FN3O2. The first-order valence-corrected chi connectivity index (χ1v) is 9.77. The fraction of sp³-hybridized carbons (Fsp3) is 0.0800. The van der Waals surface area contributed by atoms with Crippen LogP contribution in [0.5, 0.6) is 11.6 Å². The quantitative estimate of drug-likeness (QED) is 0.465. The van der Waals surface area contributed by atoms with Gasteiger partial charge in [0.25, 0.3) is 5.91 Å². The summed E-state index contributed by atoms with van der Waals surface area (Å²) in [4.78, 5) is 20.9. The lowest BCUT2D eigenvalue weighted by molar-refractivity contribution is 0.0951. The van der Waals surface area contributed by atoms with Gasteiger partial charge in [-0.2, -0.15) is 4.98 Å². The van der Waals surface area contributed by atoms with Crippen molar-refractivity contribution in [2.24, 2.45) is 0 Å². The largest absolute Gasteiger partial charge is 0.439 e. The molecule has 0 aliphatic carbocycles. The van der Waals surface area contributed by atoms with Crippen molar-refractivity contribution < 1.29 is 13.9 Å². The van der Waals surface area contributed by atoms with E-state index in [1.807, 2.05) is 31.2 Å². The normalized spacial score (nSPS) is 10.5. The minimum Gasteiger partial charge on any atom is -0.439 e. The Morgan fingerprint density at radius 3 is 2.52 bits per heavy atom. The monoisotopic (exact) mass is 413 g/mol. The number of carbonyl (C=O) groups is 1. The fourth-order valence-electron chi connectivity index (χ4n) is 2.95. The average Bonchev–Trinajstić information content (AvgIpc) is 2.79. The smallest absolute Gasteiger partial charge is 0.251 e. The highest BCUT2D eigenvalue weighted by atomic mass is 19.1. The van der Waals surface area contributed by atoms with Crippen molar-refractivity contribution in [3.63, 3.8) is 0 Å². The van der Waals surface area contributed by atoms with E-state index >= 15 is 0 Å². The van der Waals surface area contributed by atoms with Crippen LogP contribution >= 0.6 is 0 Å². The van der Waals surface area contributed by atoms with Gasteiger partial charge in [0.1, 0.15) is 11.6 Å². The van der Waals surface area contributed by atoms with Gasteiger partial charge < -0.3 is 10.1 Å². The van der Waals surface area contributed by atoms with E-state index in [2.05, 4.69) is 15.3 Å². The molecule has 1 aromatic heterocycles. The molecule has 31 heavy (non-hydrogen) atoms. The van der Waals surface area contributed by atoms with Gasteiger partial charge in [0.2, 0.25) is 5.88 Å². The SMILES string of the molecule is Cc1ccc(CNC(=O)c2ccc(Oc3ccnc(-c4cccc(F)c4)n3)cc2)cc1. The number of ether oxygens (including phenoxy) is 1. The van der Waals surface area contributed by atoms with Crippen LogP contribution in [0.2, 0.25) is 0 Å². The highest BCUT2D eigenvalue weighted by Gasteiger charge is 2.08. The lowest BCUT2D eigenvalue weighted by Gasteiger charge is -2.08. The molecule has 3 aromatic carbocycles. The van der Waals surface area contributed by atoms with Crippen LogP contribution < -0.4 is 10.1 Å². The number of halogens is 1. The van der Waals surface area contributed by atoms with Crippen molar-refractivity contribution in [2.45, 2.75) is 13.5 Å². The molecule has 4 aromatic rings. The number of amides is 1. The van der Waals surface area contributed by atoms with Gasteiger partial charge >= 0.3 is 0 Å². The zero-order valence-electron chi connectivity index (χ0n) is 16.9. The summed E-state index contributed by atoms with van der Waals surface area (Å²) in [6, 6.07) is 22.5. The van der Waals surface area contributed by atoms with E-state index in [1.54, 1.807) is 48.7 Å². The van der Waals surface area contributed by atoms with Gasteiger partial charge in [-0.25, -0.2) is 9.37 Å². The maximum atomic E-state index is 13.5. The van der Waals surface area contributed by atoms with Gasteiger partial charge in [-0.3, -0.25) is 4.79 Å². The first kappa shape index (κ1) is 20.2. The van der Waals surface area contributed by atoms with E-state index in [0.717, 1.165) is 5.56 Å². The van der Waals surface area contributed by atoms with Gasteiger partial charge in [0, 0.05) is 29.9 Å². The fourth-order valence-corrected chi connectivity index (χ4v) is 2.95. The molecule has 0 atom stereocenters. The summed E-state index contributed by atoms with van der Waals surface area (Å²) < 4.78 is 19.2. The van der Waals surface area contributed by atoms with Crippen molar-refractivity contribution in [1.82, 2.24) is 15.3 Å². The Bertz CT molecular complexity index is 1190. The molecule has 1 N–H and O–H groups in total. The lowest BCUT2D eigenvalue weighted by Crippen LogP contribution is -2.22.